The van der Waals surface area contributed by atoms with Gasteiger partial charge in [-0.1, -0.05) is 0 Å². The molecule has 0 atom stereocenters. The van der Waals surface area contributed by atoms with Gasteiger partial charge in [-0.2, -0.15) is 12.1 Å². The first kappa shape index (κ1) is 10.2. The van der Waals surface area contributed by atoms with Crippen LogP contribution in [-0.4, -0.2) is 4.57 Å². The summed E-state index contributed by atoms with van der Waals surface area (Å²) in [5, 5.41) is 0. The molecule has 1 aromatic carbocycles. The summed E-state index contributed by atoms with van der Waals surface area (Å²) in [5.74, 6) is -0.325. The first-order valence-electron chi connectivity index (χ1n) is 3.67. The van der Waals surface area contributed by atoms with Crippen molar-refractivity contribution in [3.63, 3.8) is 0 Å². The number of halogens is 1. The third-order valence-electron chi connectivity index (χ3n) is 1.67. The Morgan fingerprint density at radius 3 is 2.46 bits per heavy atom. The molecule has 0 bridgehead atoms. The molecule has 3 heteroatoms. The summed E-state index contributed by atoms with van der Waals surface area (Å²) in [7, 11) is 0. The van der Waals surface area contributed by atoms with Crippen LogP contribution in [0.2, 0.25) is 0 Å². The van der Waals surface area contributed by atoms with Crippen LogP contribution in [0.5, 0.6) is 0 Å². The molecule has 13 heavy (non-hydrogen) atoms. The summed E-state index contributed by atoms with van der Waals surface area (Å²) in [6, 6.07) is 11.2. The second kappa shape index (κ2) is 4.40. The molecule has 0 aliphatic heterocycles. The van der Waals surface area contributed by atoms with Crippen LogP contribution < -0.4 is 0 Å². The van der Waals surface area contributed by atoms with Gasteiger partial charge in [0.15, 0.2) is 0 Å². The smallest absolute Gasteiger partial charge is 0.0340 e. The molecule has 0 radical (unpaired) electrons. The third kappa shape index (κ3) is 2.08. The second-order valence-electron chi connectivity index (χ2n) is 2.46. The van der Waals surface area contributed by atoms with Crippen molar-refractivity contribution in [2.75, 3.05) is 0 Å². The Kier molecular flexibility index (Phi) is 3.46. The fourth-order valence-corrected chi connectivity index (χ4v) is 1.10. The van der Waals surface area contributed by atoms with Crippen molar-refractivity contribution in [2.45, 2.75) is 0 Å². The molecule has 0 aliphatic rings. The molecule has 2 aromatic rings. The van der Waals surface area contributed by atoms with Crippen molar-refractivity contribution in [1.82, 2.24) is 4.57 Å². The minimum Gasteiger partial charge on any atom is -0.375 e. The summed E-state index contributed by atoms with van der Waals surface area (Å²) in [5.41, 5.74) is 0.530. The number of benzene rings is 1. The van der Waals surface area contributed by atoms with Crippen LogP contribution in [0.15, 0.2) is 42.7 Å². The van der Waals surface area contributed by atoms with E-state index in [1.807, 2.05) is 12.1 Å². The van der Waals surface area contributed by atoms with Gasteiger partial charge in [0.05, 0.1) is 0 Å². The van der Waals surface area contributed by atoms with E-state index in [1.54, 1.807) is 35.2 Å². The van der Waals surface area contributed by atoms with E-state index in [2.05, 4.69) is 6.07 Å². The maximum atomic E-state index is 13.1. The molecular formula is C10H7FNTi-. The van der Waals surface area contributed by atoms with Crippen LogP contribution in [0.1, 0.15) is 0 Å². The van der Waals surface area contributed by atoms with E-state index in [4.69, 9.17) is 0 Å². The van der Waals surface area contributed by atoms with Gasteiger partial charge in [0.25, 0.3) is 0 Å². The van der Waals surface area contributed by atoms with Crippen molar-refractivity contribution < 1.29 is 26.1 Å². The average molecular weight is 208 g/mol. The van der Waals surface area contributed by atoms with E-state index in [9.17, 15) is 4.39 Å². The fourth-order valence-electron chi connectivity index (χ4n) is 1.10. The van der Waals surface area contributed by atoms with Gasteiger partial charge in [0.1, 0.15) is 0 Å². The van der Waals surface area contributed by atoms with E-state index >= 15 is 0 Å². The zero-order chi connectivity index (χ0) is 8.39. The van der Waals surface area contributed by atoms with E-state index in [0.29, 0.717) is 5.69 Å². The Bertz CT molecular complexity index is 370. The van der Waals surface area contributed by atoms with Gasteiger partial charge in [-0.15, -0.1) is 12.1 Å². The van der Waals surface area contributed by atoms with Crippen molar-refractivity contribution in [2.24, 2.45) is 0 Å². The molecule has 0 N–H and O–H groups in total. The average Bonchev–Trinajstić information content (AvgIpc) is 2.57. The summed E-state index contributed by atoms with van der Waals surface area (Å²) in [6.07, 6.45) is 3.60. The Morgan fingerprint density at radius 2 is 1.85 bits per heavy atom. The summed E-state index contributed by atoms with van der Waals surface area (Å²) < 4.78 is 14.8. The number of hydrogen-bond acceptors (Lipinski definition) is 0. The number of hydrogen-bond donors (Lipinski definition) is 0. The van der Waals surface area contributed by atoms with Crippen LogP contribution in [0.4, 0.5) is 4.39 Å². The quantitative estimate of drug-likeness (QED) is 0.501. The summed E-state index contributed by atoms with van der Waals surface area (Å²) in [4.78, 5) is 0. The largest absolute Gasteiger partial charge is 0.375 e. The predicted molar refractivity (Wildman–Crippen MR) is 44.6 cm³/mol. The second-order valence-corrected chi connectivity index (χ2v) is 2.46. The number of aromatic nitrogens is 1. The summed E-state index contributed by atoms with van der Waals surface area (Å²) >= 11 is 0. The first-order valence-corrected chi connectivity index (χ1v) is 3.67. The minimum atomic E-state index is -0.325. The van der Waals surface area contributed by atoms with E-state index in [1.165, 1.54) is 0 Å². The van der Waals surface area contributed by atoms with Gasteiger partial charge in [-0.05, 0) is 30.2 Å². The van der Waals surface area contributed by atoms with E-state index < -0.39 is 0 Å². The molecule has 0 unspecified atom stereocenters. The van der Waals surface area contributed by atoms with Crippen molar-refractivity contribution in [1.29, 1.82) is 0 Å². The maximum Gasteiger partial charge on any atom is 0.0340 e. The van der Waals surface area contributed by atoms with Gasteiger partial charge in [-0.25, -0.2) is 4.39 Å². The summed E-state index contributed by atoms with van der Waals surface area (Å²) in [6.45, 7) is 0. The third-order valence-corrected chi connectivity index (χ3v) is 1.67. The monoisotopic (exact) mass is 208 g/mol. The molecular weight excluding hydrogens is 201 g/mol. The molecule has 0 fully saturated rings. The fraction of sp³-hybridized carbons (Fsp3) is 0. The Labute approximate surface area is 91.1 Å². The molecule has 1 nitrogen and oxygen atoms in total. The number of rotatable bonds is 1. The molecule has 2 rings (SSSR count). The van der Waals surface area contributed by atoms with Crippen LogP contribution in [-0.2, 0) is 21.7 Å². The van der Waals surface area contributed by atoms with Gasteiger partial charge in [0, 0.05) is 27.5 Å². The molecule has 0 amide bonds. The van der Waals surface area contributed by atoms with Crippen molar-refractivity contribution >= 4 is 0 Å². The topological polar surface area (TPSA) is 4.93 Å². The maximum absolute atomic E-state index is 13.1. The molecule has 0 aliphatic carbocycles. The van der Waals surface area contributed by atoms with Crippen LogP contribution in [0, 0.1) is 11.9 Å². The molecule has 0 saturated heterocycles. The van der Waals surface area contributed by atoms with Gasteiger partial charge >= 0.3 is 0 Å². The number of nitrogens with zero attached hydrogens (tertiary/aromatic N) is 1. The molecule has 0 saturated carbocycles. The molecule has 0 spiro atoms. The van der Waals surface area contributed by atoms with Crippen LogP contribution in [0.25, 0.3) is 5.69 Å². The molecule has 1 aromatic heterocycles. The Morgan fingerprint density at radius 1 is 1.15 bits per heavy atom. The van der Waals surface area contributed by atoms with Crippen LogP contribution >= 0.6 is 0 Å². The standard InChI is InChI=1S/C10H7FN.Ti/c11-9-5-1-2-6-10(9)12-7-3-4-8-12;/h1-4,6-8H;/q-1;. The first-order chi connectivity index (χ1) is 5.88. The predicted octanol–water partition coefficient (Wildman–Crippen LogP) is 2.41. The van der Waals surface area contributed by atoms with Gasteiger partial charge < -0.3 is 4.57 Å². The van der Waals surface area contributed by atoms with Crippen molar-refractivity contribution in [3.05, 3.63) is 54.6 Å². The molecule has 64 valence electrons. The van der Waals surface area contributed by atoms with E-state index in [0.717, 1.165) is 0 Å². The Hall–Kier alpha value is -0.856. The molecule has 1 heterocycles. The van der Waals surface area contributed by atoms with Crippen molar-refractivity contribution in [3.8, 4) is 5.69 Å². The zero-order valence-corrected chi connectivity index (χ0v) is 8.43. The van der Waals surface area contributed by atoms with Crippen LogP contribution in [0.3, 0.4) is 0 Å². The minimum absolute atomic E-state index is 0. The van der Waals surface area contributed by atoms with E-state index in [-0.39, 0.29) is 27.5 Å². The Balaban J connectivity index is 0.000000845. The SMILES string of the molecule is Fc1[c-]cccc1-n1cccc1.[Ti]. The zero-order valence-electron chi connectivity index (χ0n) is 6.87. The van der Waals surface area contributed by atoms with Gasteiger partial charge in [0.2, 0.25) is 0 Å². The van der Waals surface area contributed by atoms with Gasteiger partial charge in [-0.3, -0.25) is 0 Å². The normalized spacial score (nSPS) is 9.31.